The highest BCUT2D eigenvalue weighted by Crippen LogP contribution is 2.31. The van der Waals surface area contributed by atoms with Gasteiger partial charge >= 0.3 is 0 Å². The molecular weight excluding hydrogens is 262 g/mol. The van der Waals surface area contributed by atoms with Crippen LogP contribution in [0, 0.1) is 13.8 Å². The summed E-state index contributed by atoms with van der Waals surface area (Å²) in [6.45, 7) is 6.20. The monoisotopic (exact) mass is 279 g/mol. The van der Waals surface area contributed by atoms with Crippen molar-refractivity contribution < 1.29 is 0 Å². The highest BCUT2D eigenvalue weighted by Gasteiger charge is 2.29. The Balaban J connectivity index is 1.68. The van der Waals surface area contributed by atoms with Gasteiger partial charge in [0.1, 0.15) is 10.0 Å². The minimum absolute atomic E-state index is 0.761. The zero-order valence-corrected chi connectivity index (χ0v) is 12.4. The lowest BCUT2D eigenvalue weighted by atomic mass is 10.4. The maximum Gasteiger partial charge on any atom is 0.131 e. The van der Waals surface area contributed by atoms with Crippen molar-refractivity contribution in [3.8, 4) is 0 Å². The SMILES string of the molecule is Cc1ccc(CN(Cc2nnc(C)s2)C2CC2)s1. The van der Waals surface area contributed by atoms with Crippen LogP contribution in [0.15, 0.2) is 12.1 Å². The van der Waals surface area contributed by atoms with E-state index in [2.05, 4.69) is 34.2 Å². The molecule has 0 atom stereocenters. The minimum atomic E-state index is 0.761. The zero-order valence-electron chi connectivity index (χ0n) is 10.7. The molecule has 3 nitrogen and oxygen atoms in total. The molecule has 0 unspecified atom stereocenters. The molecule has 1 aliphatic rings. The summed E-state index contributed by atoms with van der Waals surface area (Å²) in [7, 11) is 0. The predicted octanol–water partition coefficient (Wildman–Crippen LogP) is 3.38. The summed E-state index contributed by atoms with van der Waals surface area (Å²) in [5, 5.41) is 10.6. The topological polar surface area (TPSA) is 29.0 Å². The Hall–Kier alpha value is -0.780. The van der Waals surface area contributed by atoms with E-state index in [-0.39, 0.29) is 0 Å². The van der Waals surface area contributed by atoms with Crippen LogP contribution in [0.1, 0.15) is 32.6 Å². The molecule has 0 aliphatic heterocycles. The Morgan fingerprint density at radius 2 is 2.00 bits per heavy atom. The van der Waals surface area contributed by atoms with Crippen LogP contribution in [0.25, 0.3) is 0 Å². The molecule has 0 N–H and O–H groups in total. The summed E-state index contributed by atoms with van der Waals surface area (Å²) >= 11 is 3.62. The zero-order chi connectivity index (χ0) is 12.5. The van der Waals surface area contributed by atoms with Gasteiger partial charge in [0, 0.05) is 22.3 Å². The molecule has 3 rings (SSSR count). The third kappa shape index (κ3) is 2.96. The molecule has 1 fully saturated rings. The molecule has 2 aromatic heterocycles. The van der Waals surface area contributed by atoms with Gasteiger partial charge in [-0.15, -0.1) is 32.9 Å². The van der Waals surface area contributed by atoms with Gasteiger partial charge in [-0.1, -0.05) is 0 Å². The summed E-state index contributed by atoms with van der Waals surface area (Å²) in [5.41, 5.74) is 0. The number of thiophene rings is 1. The molecule has 0 aromatic carbocycles. The molecule has 2 aromatic rings. The quantitative estimate of drug-likeness (QED) is 0.840. The van der Waals surface area contributed by atoms with Gasteiger partial charge in [-0.05, 0) is 38.8 Å². The average molecular weight is 279 g/mol. The van der Waals surface area contributed by atoms with Crippen LogP contribution in [0.4, 0.5) is 0 Å². The van der Waals surface area contributed by atoms with Crippen molar-refractivity contribution in [3.63, 3.8) is 0 Å². The van der Waals surface area contributed by atoms with Crippen molar-refractivity contribution in [3.05, 3.63) is 31.9 Å². The first kappa shape index (κ1) is 12.3. The number of hydrogen-bond donors (Lipinski definition) is 0. The lowest BCUT2D eigenvalue weighted by Crippen LogP contribution is -2.24. The molecule has 0 bridgehead atoms. The van der Waals surface area contributed by atoms with Crippen molar-refractivity contribution in [1.29, 1.82) is 0 Å². The number of nitrogens with zero attached hydrogens (tertiary/aromatic N) is 3. The Morgan fingerprint density at radius 3 is 2.56 bits per heavy atom. The first-order chi connectivity index (χ1) is 8.70. The molecule has 0 amide bonds. The van der Waals surface area contributed by atoms with Crippen molar-refractivity contribution in [1.82, 2.24) is 15.1 Å². The van der Waals surface area contributed by atoms with Gasteiger partial charge in [-0.25, -0.2) is 0 Å². The van der Waals surface area contributed by atoms with Gasteiger partial charge in [0.15, 0.2) is 0 Å². The lowest BCUT2D eigenvalue weighted by molar-refractivity contribution is 0.247. The standard InChI is InChI=1S/C13H17N3S2/c1-9-3-6-12(17-9)7-16(11-4-5-11)8-13-15-14-10(2)18-13/h3,6,11H,4-5,7-8H2,1-2H3. The second-order valence-corrected chi connectivity index (χ2v) is 7.50. The average Bonchev–Trinajstić information content (AvgIpc) is 2.99. The Bertz CT molecular complexity index is 486. The van der Waals surface area contributed by atoms with Gasteiger partial charge in [0.25, 0.3) is 0 Å². The molecule has 1 saturated carbocycles. The van der Waals surface area contributed by atoms with Crippen LogP contribution in [0.5, 0.6) is 0 Å². The molecular formula is C13H17N3S2. The second kappa shape index (κ2) is 5.07. The molecule has 5 heteroatoms. The number of aromatic nitrogens is 2. The summed E-state index contributed by atoms with van der Waals surface area (Å²) < 4.78 is 0. The highest BCUT2D eigenvalue weighted by molar-refractivity contribution is 7.12. The van der Waals surface area contributed by atoms with E-state index < -0.39 is 0 Å². The van der Waals surface area contributed by atoms with E-state index in [1.807, 2.05) is 18.3 Å². The normalized spacial score (nSPS) is 15.5. The van der Waals surface area contributed by atoms with E-state index in [9.17, 15) is 0 Å². The third-order valence-electron chi connectivity index (χ3n) is 3.12. The van der Waals surface area contributed by atoms with E-state index >= 15 is 0 Å². The van der Waals surface area contributed by atoms with Crippen LogP contribution in [-0.4, -0.2) is 21.1 Å². The first-order valence-electron chi connectivity index (χ1n) is 6.29. The van der Waals surface area contributed by atoms with Crippen molar-refractivity contribution in [2.75, 3.05) is 0 Å². The molecule has 18 heavy (non-hydrogen) atoms. The number of aryl methyl sites for hydroxylation is 2. The fourth-order valence-corrected chi connectivity index (χ4v) is 3.75. The van der Waals surface area contributed by atoms with Crippen molar-refractivity contribution in [2.45, 2.75) is 45.8 Å². The molecule has 1 aliphatic carbocycles. The van der Waals surface area contributed by atoms with Crippen LogP contribution >= 0.6 is 22.7 Å². The summed E-state index contributed by atoms with van der Waals surface area (Å²) in [5.74, 6) is 0. The van der Waals surface area contributed by atoms with Gasteiger partial charge < -0.3 is 0 Å². The van der Waals surface area contributed by atoms with E-state index in [0.29, 0.717) is 0 Å². The minimum Gasteiger partial charge on any atom is -0.289 e. The van der Waals surface area contributed by atoms with Crippen LogP contribution in [-0.2, 0) is 13.1 Å². The van der Waals surface area contributed by atoms with Crippen molar-refractivity contribution in [2.24, 2.45) is 0 Å². The molecule has 0 spiro atoms. The number of hydrogen-bond acceptors (Lipinski definition) is 5. The van der Waals surface area contributed by atoms with Gasteiger partial charge in [-0.3, -0.25) is 4.90 Å². The Labute approximate surface area is 115 Å². The van der Waals surface area contributed by atoms with Crippen LogP contribution < -0.4 is 0 Å². The first-order valence-corrected chi connectivity index (χ1v) is 7.92. The fourth-order valence-electron chi connectivity index (χ4n) is 2.10. The second-order valence-electron chi connectivity index (χ2n) is 4.86. The Morgan fingerprint density at radius 1 is 1.17 bits per heavy atom. The fraction of sp³-hybridized carbons (Fsp3) is 0.538. The summed E-state index contributed by atoms with van der Waals surface area (Å²) in [6, 6.07) is 5.22. The number of rotatable bonds is 5. The van der Waals surface area contributed by atoms with E-state index in [1.165, 1.54) is 22.6 Å². The van der Waals surface area contributed by atoms with E-state index in [1.54, 1.807) is 11.3 Å². The molecule has 2 heterocycles. The Kier molecular flexibility index (Phi) is 3.46. The molecule has 0 radical (unpaired) electrons. The van der Waals surface area contributed by atoms with E-state index in [0.717, 1.165) is 29.1 Å². The van der Waals surface area contributed by atoms with Crippen LogP contribution in [0.3, 0.4) is 0 Å². The maximum atomic E-state index is 4.24. The van der Waals surface area contributed by atoms with Gasteiger partial charge in [0.2, 0.25) is 0 Å². The third-order valence-corrected chi connectivity index (χ3v) is 4.93. The summed E-state index contributed by atoms with van der Waals surface area (Å²) in [6.07, 6.45) is 2.67. The molecule has 96 valence electrons. The summed E-state index contributed by atoms with van der Waals surface area (Å²) in [4.78, 5) is 5.40. The largest absolute Gasteiger partial charge is 0.289 e. The highest BCUT2D eigenvalue weighted by atomic mass is 32.1. The van der Waals surface area contributed by atoms with Crippen LogP contribution in [0.2, 0.25) is 0 Å². The van der Waals surface area contributed by atoms with E-state index in [4.69, 9.17) is 0 Å². The van der Waals surface area contributed by atoms with Gasteiger partial charge in [-0.2, -0.15) is 0 Å². The maximum absolute atomic E-state index is 4.24. The predicted molar refractivity (Wildman–Crippen MR) is 76.0 cm³/mol. The van der Waals surface area contributed by atoms with Gasteiger partial charge in [0.05, 0.1) is 6.54 Å². The smallest absolute Gasteiger partial charge is 0.131 e. The lowest BCUT2D eigenvalue weighted by Gasteiger charge is -2.19. The van der Waals surface area contributed by atoms with Crippen molar-refractivity contribution >= 4 is 22.7 Å². The molecule has 0 saturated heterocycles.